The molecule has 0 aliphatic heterocycles. The summed E-state index contributed by atoms with van der Waals surface area (Å²) in [6.45, 7) is 4.42. The number of thioether (sulfide) groups is 1. The van der Waals surface area contributed by atoms with Crippen molar-refractivity contribution in [3.63, 3.8) is 0 Å². The zero-order chi connectivity index (χ0) is 20.6. The molecule has 1 amide bonds. The number of aryl methyl sites for hydroxylation is 2. The summed E-state index contributed by atoms with van der Waals surface area (Å²) in [4.78, 5) is 14.6. The lowest BCUT2D eigenvalue weighted by atomic mass is 9.96. The van der Waals surface area contributed by atoms with Gasteiger partial charge in [-0.05, 0) is 49.9 Å². The third-order valence-electron chi connectivity index (χ3n) is 4.92. The summed E-state index contributed by atoms with van der Waals surface area (Å²) in [5.74, 6) is 0.253. The van der Waals surface area contributed by atoms with Crippen molar-refractivity contribution in [2.24, 2.45) is 0 Å². The molecule has 1 fully saturated rings. The Morgan fingerprint density at radius 1 is 1.24 bits per heavy atom. The van der Waals surface area contributed by atoms with Gasteiger partial charge in [-0.3, -0.25) is 4.79 Å². The molecule has 0 saturated heterocycles. The average molecular weight is 430 g/mol. The maximum Gasteiger partial charge on any atom is 0.237 e. The van der Waals surface area contributed by atoms with E-state index in [4.69, 9.17) is 5.26 Å². The molecule has 1 aliphatic rings. The summed E-state index contributed by atoms with van der Waals surface area (Å²) >= 11 is 2.91. The third kappa shape index (κ3) is 6.44. The molecule has 0 spiro atoms. The second-order valence-electron chi connectivity index (χ2n) is 7.44. The molecule has 0 atom stereocenters. The van der Waals surface area contributed by atoms with Gasteiger partial charge in [0.2, 0.25) is 11.0 Å². The second kappa shape index (κ2) is 10.6. The number of hydrogen-bond acceptors (Lipinski definition) is 7. The fraction of sp³-hybridized carbons (Fsp3) is 0.524. The summed E-state index contributed by atoms with van der Waals surface area (Å²) < 4.78 is 0.789. The number of benzene rings is 1. The number of hydrogen-bond donors (Lipinski definition) is 1. The van der Waals surface area contributed by atoms with Crippen LogP contribution < -0.4 is 10.2 Å². The van der Waals surface area contributed by atoms with Gasteiger partial charge < -0.3 is 10.2 Å². The van der Waals surface area contributed by atoms with Gasteiger partial charge >= 0.3 is 0 Å². The van der Waals surface area contributed by atoms with E-state index in [-0.39, 0.29) is 11.7 Å². The number of anilines is 2. The number of carbonyl (C=O) groups excluding carboxylic acids is 1. The smallest absolute Gasteiger partial charge is 0.237 e. The zero-order valence-corrected chi connectivity index (χ0v) is 18.6. The van der Waals surface area contributed by atoms with Crippen LogP contribution in [-0.4, -0.2) is 34.4 Å². The lowest BCUT2D eigenvalue weighted by Gasteiger charge is -2.22. The van der Waals surface area contributed by atoms with Crippen LogP contribution in [0.25, 0.3) is 0 Å². The first-order chi connectivity index (χ1) is 14.0. The normalized spacial score (nSPS) is 14.4. The van der Waals surface area contributed by atoms with Gasteiger partial charge in [0.05, 0.1) is 18.2 Å². The predicted molar refractivity (Wildman–Crippen MR) is 120 cm³/mol. The van der Waals surface area contributed by atoms with Gasteiger partial charge in [0.25, 0.3) is 0 Å². The van der Waals surface area contributed by atoms with Crippen molar-refractivity contribution in [1.29, 1.82) is 5.26 Å². The Bertz CT molecular complexity index is 850. The first-order valence-corrected chi connectivity index (χ1v) is 11.8. The molecule has 6 nitrogen and oxygen atoms in total. The molecule has 154 valence electrons. The Hall–Kier alpha value is -2.11. The lowest BCUT2D eigenvalue weighted by Crippen LogP contribution is -2.33. The molecule has 3 rings (SSSR count). The number of nitrogens with zero attached hydrogens (tertiary/aromatic N) is 4. The Kier molecular flexibility index (Phi) is 7.90. The lowest BCUT2D eigenvalue weighted by molar-refractivity contribution is -0.116. The summed E-state index contributed by atoms with van der Waals surface area (Å²) in [7, 11) is 0. The molecule has 0 bridgehead atoms. The first kappa shape index (κ1) is 21.6. The molecule has 0 radical (unpaired) electrons. The van der Waals surface area contributed by atoms with E-state index in [1.807, 2.05) is 26.0 Å². The van der Waals surface area contributed by atoms with Gasteiger partial charge in [-0.15, -0.1) is 10.2 Å². The minimum atomic E-state index is -0.0211. The van der Waals surface area contributed by atoms with Crippen molar-refractivity contribution < 1.29 is 4.79 Å². The highest BCUT2D eigenvalue weighted by atomic mass is 32.2. The fourth-order valence-electron chi connectivity index (χ4n) is 3.62. The van der Waals surface area contributed by atoms with Crippen LogP contribution in [0.2, 0.25) is 0 Å². The standard InChI is InChI=1S/C21H27N5OS2/c1-15-11-16(2)13-18(12-15)26(10-6-9-22)19(27)14-28-21-25-24-20(29-21)23-17-7-4-3-5-8-17/h11-13,17H,3-8,10,14H2,1-2H3,(H,23,24). The number of nitriles is 1. The molecule has 2 aromatic rings. The van der Waals surface area contributed by atoms with Gasteiger partial charge in [-0.1, -0.05) is 48.4 Å². The van der Waals surface area contributed by atoms with Gasteiger partial charge in [-0.25, -0.2) is 0 Å². The Morgan fingerprint density at radius 2 is 1.97 bits per heavy atom. The quantitative estimate of drug-likeness (QED) is 0.599. The maximum atomic E-state index is 12.9. The molecule has 1 saturated carbocycles. The molecule has 29 heavy (non-hydrogen) atoms. The number of rotatable bonds is 8. The van der Waals surface area contributed by atoms with E-state index in [0.717, 1.165) is 26.3 Å². The molecular weight excluding hydrogens is 402 g/mol. The van der Waals surface area contributed by atoms with Crippen LogP contribution in [0.5, 0.6) is 0 Å². The molecule has 1 aliphatic carbocycles. The average Bonchev–Trinajstić information content (AvgIpc) is 3.14. The van der Waals surface area contributed by atoms with Crippen LogP contribution in [-0.2, 0) is 4.79 Å². The monoisotopic (exact) mass is 429 g/mol. The minimum Gasteiger partial charge on any atom is -0.357 e. The topological polar surface area (TPSA) is 81.9 Å². The Balaban J connectivity index is 1.60. The fourth-order valence-corrected chi connectivity index (χ4v) is 5.32. The van der Waals surface area contributed by atoms with E-state index in [2.05, 4.69) is 27.6 Å². The van der Waals surface area contributed by atoms with Gasteiger partial charge in [0, 0.05) is 18.3 Å². The van der Waals surface area contributed by atoms with Crippen molar-refractivity contribution in [3.8, 4) is 6.07 Å². The van der Waals surface area contributed by atoms with Crippen LogP contribution >= 0.6 is 23.1 Å². The maximum absolute atomic E-state index is 12.9. The number of nitrogens with one attached hydrogen (secondary N) is 1. The molecule has 8 heteroatoms. The SMILES string of the molecule is Cc1cc(C)cc(N(CCC#N)C(=O)CSc2nnc(NC3CCCCC3)s2)c1. The highest BCUT2D eigenvalue weighted by Crippen LogP contribution is 2.29. The number of amides is 1. The summed E-state index contributed by atoms with van der Waals surface area (Å²) in [5, 5.41) is 21.7. The molecule has 1 aromatic carbocycles. The summed E-state index contributed by atoms with van der Waals surface area (Å²) in [5.41, 5.74) is 3.05. The van der Waals surface area contributed by atoms with Crippen molar-refractivity contribution in [2.45, 2.75) is 62.8 Å². The van der Waals surface area contributed by atoms with Crippen LogP contribution in [0.4, 0.5) is 10.8 Å². The van der Waals surface area contributed by atoms with E-state index in [9.17, 15) is 4.79 Å². The van der Waals surface area contributed by atoms with E-state index >= 15 is 0 Å². The van der Waals surface area contributed by atoms with Crippen LogP contribution in [0, 0.1) is 25.2 Å². The summed E-state index contributed by atoms with van der Waals surface area (Å²) in [6, 6.07) is 8.68. The van der Waals surface area contributed by atoms with Crippen molar-refractivity contribution in [3.05, 3.63) is 29.3 Å². The van der Waals surface area contributed by atoms with Crippen molar-refractivity contribution in [2.75, 3.05) is 22.5 Å². The Morgan fingerprint density at radius 3 is 2.66 bits per heavy atom. The highest BCUT2D eigenvalue weighted by molar-refractivity contribution is 8.01. The molecule has 1 aromatic heterocycles. The first-order valence-electron chi connectivity index (χ1n) is 10.0. The summed E-state index contributed by atoms with van der Waals surface area (Å²) in [6.07, 6.45) is 6.53. The van der Waals surface area contributed by atoms with E-state index < -0.39 is 0 Å². The molecule has 0 unspecified atom stereocenters. The van der Waals surface area contributed by atoms with E-state index in [1.54, 1.807) is 4.90 Å². The number of aromatic nitrogens is 2. The Labute approximate surface area is 180 Å². The second-order valence-corrected chi connectivity index (χ2v) is 9.64. The van der Waals surface area contributed by atoms with Crippen LogP contribution in [0.3, 0.4) is 0 Å². The largest absolute Gasteiger partial charge is 0.357 e. The number of carbonyl (C=O) groups is 1. The predicted octanol–water partition coefficient (Wildman–Crippen LogP) is 4.94. The molecule has 1 heterocycles. The van der Waals surface area contributed by atoms with Gasteiger partial charge in [-0.2, -0.15) is 5.26 Å². The van der Waals surface area contributed by atoms with E-state index in [1.165, 1.54) is 55.2 Å². The third-order valence-corrected chi connectivity index (χ3v) is 6.90. The van der Waals surface area contributed by atoms with Crippen LogP contribution in [0.15, 0.2) is 22.5 Å². The van der Waals surface area contributed by atoms with Crippen molar-refractivity contribution in [1.82, 2.24) is 10.2 Å². The van der Waals surface area contributed by atoms with Gasteiger partial charge in [0.15, 0.2) is 4.34 Å². The zero-order valence-electron chi connectivity index (χ0n) is 17.0. The minimum absolute atomic E-state index is 0.0211. The van der Waals surface area contributed by atoms with Gasteiger partial charge in [0.1, 0.15) is 0 Å². The van der Waals surface area contributed by atoms with Crippen molar-refractivity contribution >= 4 is 39.8 Å². The molecule has 1 N–H and O–H groups in total. The van der Waals surface area contributed by atoms with E-state index in [0.29, 0.717) is 19.0 Å². The highest BCUT2D eigenvalue weighted by Gasteiger charge is 2.19. The molecular formula is C21H27N5OS2. The van der Waals surface area contributed by atoms with Crippen LogP contribution in [0.1, 0.15) is 49.7 Å².